The van der Waals surface area contributed by atoms with Gasteiger partial charge in [0.15, 0.2) is 0 Å². The van der Waals surface area contributed by atoms with Crippen molar-refractivity contribution < 1.29 is 9.72 Å². The van der Waals surface area contributed by atoms with Crippen LogP contribution in [0.1, 0.15) is 28.9 Å². The van der Waals surface area contributed by atoms with Gasteiger partial charge in [0.1, 0.15) is 0 Å². The summed E-state index contributed by atoms with van der Waals surface area (Å²) in [4.78, 5) is 22.3. The second-order valence-electron chi connectivity index (χ2n) is 4.78. The number of nitro groups is 1. The fraction of sp³-hybridized carbons (Fsp3) is 0.133. The van der Waals surface area contributed by atoms with Crippen molar-refractivity contribution in [2.75, 3.05) is 5.73 Å². The molecule has 0 bridgehead atoms. The van der Waals surface area contributed by atoms with Crippen LogP contribution in [0, 0.1) is 10.1 Å². The average Bonchev–Trinajstić information content (AvgIpc) is 2.47. The number of rotatable bonds is 4. The zero-order chi connectivity index (χ0) is 16.3. The van der Waals surface area contributed by atoms with E-state index in [9.17, 15) is 14.9 Å². The van der Waals surface area contributed by atoms with Gasteiger partial charge in [-0.3, -0.25) is 14.9 Å². The fourth-order valence-corrected chi connectivity index (χ4v) is 2.11. The SMILES string of the molecule is CC(NC(=O)c1ccc([N+](=O)[O-])cc1N)c1ccc(Cl)cc1. The number of nitrogens with one attached hydrogen (secondary N) is 1. The van der Waals surface area contributed by atoms with Crippen molar-refractivity contribution in [3.8, 4) is 0 Å². The van der Waals surface area contributed by atoms with E-state index in [1.54, 1.807) is 12.1 Å². The predicted molar refractivity (Wildman–Crippen MR) is 84.8 cm³/mol. The lowest BCUT2D eigenvalue weighted by Gasteiger charge is -2.15. The largest absolute Gasteiger partial charge is 0.398 e. The maximum atomic E-state index is 12.2. The minimum absolute atomic E-state index is 0.0648. The summed E-state index contributed by atoms with van der Waals surface area (Å²) < 4.78 is 0. The summed E-state index contributed by atoms with van der Waals surface area (Å²) in [6.07, 6.45) is 0. The number of nitrogens with zero attached hydrogens (tertiary/aromatic N) is 1. The Morgan fingerprint density at radius 1 is 1.27 bits per heavy atom. The van der Waals surface area contributed by atoms with Crippen LogP contribution in [0.5, 0.6) is 0 Å². The highest BCUT2D eigenvalue weighted by molar-refractivity contribution is 6.30. The van der Waals surface area contributed by atoms with Crippen molar-refractivity contribution in [2.24, 2.45) is 0 Å². The standard InChI is InChI=1S/C15H14ClN3O3/c1-9(10-2-4-11(16)5-3-10)18-15(20)13-7-6-12(19(21)22)8-14(13)17/h2-9H,17H2,1H3,(H,18,20). The van der Waals surface area contributed by atoms with E-state index in [1.165, 1.54) is 18.2 Å². The summed E-state index contributed by atoms with van der Waals surface area (Å²) in [6.45, 7) is 1.82. The van der Waals surface area contributed by atoms with Gasteiger partial charge in [0.2, 0.25) is 0 Å². The Bertz CT molecular complexity index is 716. The molecule has 0 aromatic heterocycles. The van der Waals surface area contributed by atoms with Crippen molar-refractivity contribution in [1.29, 1.82) is 0 Å². The first-order valence-corrected chi connectivity index (χ1v) is 6.86. The highest BCUT2D eigenvalue weighted by Gasteiger charge is 2.16. The molecule has 0 aliphatic rings. The van der Waals surface area contributed by atoms with Gasteiger partial charge in [-0.05, 0) is 30.7 Å². The molecule has 0 aliphatic carbocycles. The van der Waals surface area contributed by atoms with Gasteiger partial charge in [0.05, 0.1) is 22.2 Å². The zero-order valence-electron chi connectivity index (χ0n) is 11.7. The molecule has 1 atom stereocenters. The Hall–Kier alpha value is -2.60. The predicted octanol–water partition coefficient (Wildman–Crippen LogP) is 3.32. The number of hydrogen-bond donors (Lipinski definition) is 2. The van der Waals surface area contributed by atoms with E-state index in [-0.39, 0.29) is 23.0 Å². The third-order valence-corrected chi connectivity index (χ3v) is 3.46. The van der Waals surface area contributed by atoms with Crippen molar-refractivity contribution in [1.82, 2.24) is 5.32 Å². The summed E-state index contributed by atoms with van der Waals surface area (Å²) in [6, 6.07) is 10.6. The van der Waals surface area contributed by atoms with Crippen molar-refractivity contribution in [2.45, 2.75) is 13.0 Å². The van der Waals surface area contributed by atoms with E-state index >= 15 is 0 Å². The van der Waals surface area contributed by atoms with Crippen molar-refractivity contribution >= 4 is 28.9 Å². The highest BCUT2D eigenvalue weighted by atomic mass is 35.5. The lowest BCUT2D eigenvalue weighted by Crippen LogP contribution is -2.27. The number of halogens is 1. The van der Waals surface area contributed by atoms with E-state index in [2.05, 4.69) is 5.32 Å². The molecule has 0 radical (unpaired) electrons. The number of hydrogen-bond acceptors (Lipinski definition) is 4. The minimum Gasteiger partial charge on any atom is -0.398 e. The number of amides is 1. The van der Waals surface area contributed by atoms with E-state index in [0.29, 0.717) is 5.02 Å². The van der Waals surface area contributed by atoms with Crippen LogP contribution in [0.4, 0.5) is 11.4 Å². The topological polar surface area (TPSA) is 98.3 Å². The van der Waals surface area contributed by atoms with Crippen LogP contribution < -0.4 is 11.1 Å². The Balaban J connectivity index is 2.15. The number of carbonyl (C=O) groups is 1. The number of nitrogen functional groups attached to an aromatic ring is 1. The van der Waals surface area contributed by atoms with Crippen LogP contribution in [-0.4, -0.2) is 10.8 Å². The van der Waals surface area contributed by atoms with Crippen LogP contribution >= 0.6 is 11.6 Å². The second kappa shape index (κ2) is 6.44. The summed E-state index contributed by atoms with van der Waals surface area (Å²) in [5, 5.41) is 14.1. The summed E-state index contributed by atoms with van der Waals surface area (Å²) in [7, 11) is 0. The molecule has 22 heavy (non-hydrogen) atoms. The second-order valence-corrected chi connectivity index (χ2v) is 5.21. The highest BCUT2D eigenvalue weighted by Crippen LogP contribution is 2.21. The van der Waals surface area contributed by atoms with Crippen LogP contribution in [0.25, 0.3) is 0 Å². The fourth-order valence-electron chi connectivity index (χ4n) is 1.98. The van der Waals surface area contributed by atoms with E-state index < -0.39 is 10.8 Å². The van der Waals surface area contributed by atoms with Crippen LogP contribution in [0.2, 0.25) is 5.02 Å². The van der Waals surface area contributed by atoms with Crippen LogP contribution in [-0.2, 0) is 0 Å². The molecule has 2 rings (SSSR count). The number of non-ortho nitro benzene ring substituents is 1. The van der Waals surface area contributed by atoms with Crippen LogP contribution in [0.3, 0.4) is 0 Å². The third kappa shape index (κ3) is 3.53. The lowest BCUT2D eigenvalue weighted by molar-refractivity contribution is -0.384. The Labute approximate surface area is 132 Å². The monoisotopic (exact) mass is 319 g/mol. The van der Waals surface area contributed by atoms with E-state index in [4.69, 9.17) is 17.3 Å². The first-order chi connectivity index (χ1) is 10.4. The van der Waals surface area contributed by atoms with Crippen molar-refractivity contribution in [3.05, 3.63) is 68.7 Å². The molecule has 2 aromatic rings. The summed E-state index contributed by atoms with van der Waals surface area (Å²) in [5.41, 5.74) is 6.71. The molecule has 1 unspecified atom stereocenters. The summed E-state index contributed by atoms with van der Waals surface area (Å²) in [5.74, 6) is -0.394. The lowest BCUT2D eigenvalue weighted by atomic mass is 10.1. The van der Waals surface area contributed by atoms with Gasteiger partial charge < -0.3 is 11.1 Å². The molecule has 0 saturated heterocycles. The molecule has 114 valence electrons. The van der Waals surface area contributed by atoms with Gasteiger partial charge in [-0.15, -0.1) is 0 Å². The third-order valence-electron chi connectivity index (χ3n) is 3.21. The first kappa shape index (κ1) is 15.8. The van der Waals surface area contributed by atoms with Gasteiger partial charge in [0.25, 0.3) is 11.6 Å². The van der Waals surface area contributed by atoms with Gasteiger partial charge >= 0.3 is 0 Å². The van der Waals surface area contributed by atoms with E-state index in [1.807, 2.05) is 19.1 Å². The van der Waals surface area contributed by atoms with Gasteiger partial charge in [0, 0.05) is 17.2 Å². The first-order valence-electron chi connectivity index (χ1n) is 6.48. The van der Waals surface area contributed by atoms with Gasteiger partial charge in [-0.2, -0.15) is 0 Å². The van der Waals surface area contributed by atoms with Crippen molar-refractivity contribution in [3.63, 3.8) is 0 Å². The molecule has 0 fully saturated rings. The van der Waals surface area contributed by atoms with E-state index in [0.717, 1.165) is 5.56 Å². The molecule has 3 N–H and O–H groups in total. The number of nitro benzene ring substituents is 1. The van der Waals surface area contributed by atoms with Gasteiger partial charge in [-0.1, -0.05) is 23.7 Å². The average molecular weight is 320 g/mol. The molecular formula is C15H14ClN3O3. The molecule has 1 amide bonds. The zero-order valence-corrected chi connectivity index (χ0v) is 12.5. The molecule has 2 aromatic carbocycles. The number of anilines is 1. The van der Waals surface area contributed by atoms with Gasteiger partial charge in [-0.25, -0.2) is 0 Å². The summed E-state index contributed by atoms with van der Waals surface area (Å²) >= 11 is 5.82. The minimum atomic E-state index is -0.561. The normalized spacial score (nSPS) is 11.7. The molecule has 0 saturated carbocycles. The Kier molecular flexibility index (Phi) is 4.62. The molecule has 6 nitrogen and oxygen atoms in total. The molecule has 7 heteroatoms. The number of benzene rings is 2. The number of nitrogens with two attached hydrogens (primary N) is 1. The molecule has 0 aliphatic heterocycles. The van der Waals surface area contributed by atoms with Crippen LogP contribution in [0.15, 0.2) is 42.5 Å². The quantitative estimate of drug-likeness (QED) is 0.513. The smallest absolute Gasteiger partial charge is 0.271 e. The molecule has 0 heterocycles. The Morgan fingerprint density at radius 2 is 1.91 bits per heavy atom. The molecule has 0 spiro atoms. The maximum absolute atomic E-state index is 12.2. The number of carbonyl (C=O) groups excluding carboxylic acids is 1. The molecular weight excluding hydrogens is 306 g/mol. The maximum Gasteiger partial charge on any atom is 0.271 e. The Morgan fingerprint density at radius 3 is 2.45 bits per heavy atom.